The Morgan fingerprint density at radius 1 is 1.37 bits per heavy atom. The Morgan fingerprint density at radius 3 is 2.68 bits per heavy atom. The van der Waals surface area contributed by atoms with Crippen LogP contribution in [-0.2, 0) is 16.1 Å². The van der Waals surface area contributed by atoms with Gasteiger partial charge < -0.3 is 16.0 Å². The Labute approximate surface area is 112 Å². The van der Waals surface area contributed by atoms with Crippen molar-refractivity contribution in [2.24, 2.45) is 0 Å². The lowest BCUT2D eigenvalue weighted by molar-refractivity contribution is -0.122. The van der Waals surface area contributed by atoms with Crippen molar-refractivity contribution in [3.05, 3.63) is 29.8 Å². The van der Waals surface area contributed by atoms with Gasteiger partial charge in [0.1, 0.15) is 0 Å². The van der Waals surface area contributed by atoms with Gasteiger partial charge in [-0.15, -0.1) is 0 Å². The van der Waals surface area contributed by atoms with Crippen molar-refractivity contribution >= 4 is 17.5 Å². The number of carbonyl (C=O) groups excluding carboxylic acids is 2. The first kappa shape index (κ1) is 13.5. The number of anilines is 1. The molecule has 1 unspecified atom stereocenters. The minimum atomic E-state index is -0.0659. The van der Waals surface area contributed by atoms with Gasteiger partial charge >= 0.3 is 0 Å². The Bertz CT molecular complexity index is 446. The zero-order valence-electron chi connectivity index (χ0n) is 11.0. The van der Waals surface area contributed by atoms with Crippen LogP contribution in [0.1, 0.15) is 25.3 Å². The van der Waals surface area contributed by atoms with E-state index in [1.165, 1.54) is 6.92 Å². The lowest BCUT2D eigenvalue weighted by Gasteiger charge is -2.23. The highest BCUT2D eigenvalue weighted by Crippen LogP contribution is 2.10. The number of amides is 2. The zero-order valence-corrected chi connectivity index (χ0v) is 11.0. The van der Waals surface area contributed by atoms with Crippen LogP contribution < -0.4 is 16.0 Å². The highest BCUT2D eigenvalue weighted by molar-refractivity contribution is 5.88. The minimum absolute atomic E-state index is 0.0659. The van der Waals surface area contributed by atoms with E-state index in [-0.39, 0.29) is 11.8 Å². The molecule has 5 heteroatoms. The molecule has 1 aliphatic rings. The molecule has 0 radical (unpaired) electrons. The van der Waals surface area contributed by atoms with Gasteiger partial charge in [0.15, 0.2) is 0 Å². The van der Waals surface area contributed by atoms with Gasteiger partial charge in [0.05, 0.1) is 0 Å². The summed E-state index contributed by atoms with van der Waals surface area (Å²) < 4.78 is 0. The van der Waals surface area contributed by atoms with Crippen molar-refractivity contribution in [2.45, 2.75) is 32.4 Å². The van der Waals surface area contributed by atoms with Gasteiger partial charge in [0, 0.05) is 38.2 Å². The average molecular weight is 261 g/mol. The second-order valence-electron chi connectivity index (χ2n) is 4.80. The summed E-state index contributed by atoms with van der Waals surface area (Å²) >= 11 is 0. The van der Waals surface area contributed by atoms with Gasteiger partial charge in [-0.3, -0.25) is 9.59 Å². The van der Waals surface area contributed by atoms with E-state index < -0.39 is 0 Å². The lowest BCUT2D eigenvalue weighted by atomic mass is 10.1. The van der Waals surface area contributed by atoms with E-state index in [9.17, 15) is 9.59 Å². The first-order valence-corrected chi connectivity index (χ1v) is 6.50. The maximum absolute atomic E-state index is 11.0. The van der Waals surface area contributed by atoms with E-state index >= 15 is 0 Å². The van der Waals surface area contributed by atoms with Crippen molar-refractivity contribution in [1.82, 2.24) is 10.6 Å². The van der Waals surface area contributed by atoms with Crippen LogP contribution in [0, 0.1) is 0 Å². The second kappa shape index (κ2) is 6.33. The van der Waals surface area contributed by atoms with E-state index in [1.807, 2.05) is 24.3 Å². The molecular formula is C14H19N3O2. The number of piperidine rings is 1. The van der Waals surface area contributed by atoms with Gasteiger partial charge in [0.25, 0.3) is 0 Å². The Balaban J connectivity index is 1.79. The maximum atomic E-state index is 11.0. The van der Waals surface area contributed by atoms with E-state index in [0.717, 1.165) is 24.2 Å². The summed E-state index contributed by atoms with van der Waals surface area (Å²) in [5, 5.41) is 9.00. The summed E-state index contributed by atoms with van der Waals surface area (Å²) in [7, 11) is 0. The number of rotatable bonds is 4. The fraction of sp³-hybridized carbons (Fsp3) is 0.429. The topological polar surface area (TPSA) is 70.2 Å². The summed E-state index contributed by atoms with van der Waals surface area (Å²) in [6.45, 7) is 2.95. The summed E-state index contributed by atoms with van der Waals surface area (Å²) in [6, 6.07) is 8.09. The molecule has 1 atom stereocenters. The van der Waals surface area contributed by atoms with Gasteiger partial charge in [-0.2, -0.15) is 0 Å². The molecule has 1 saturated heterocycles. The van der Waals surface area contributed by atoms with E-state index in [4.69, 9.17) is 0 Å². The van der Waals surface area contributed by atoms with Crippen molar-refractivity contribution in [3.8, 4) is 0 Å². The van der Waals surface area contributed by atoms with Crippen LogP contribution in [0.15, 0.2) is 24.3 Å². The van der Waals surface area contributed by atoms with Crippen molar-refractivity contribution in [3.63, 3.8) is 0 Å². The largest absolute Gasteiger partial charge is 0.355 e. The highest BCUT2D eigenvalue weighted by Gasteiger charge is 2.16. The van der Waals surface area contributed by atoms with E-state index in [2.05, 4.69) is 16.0 Å². The van der Waals surface area contributed by atoms with Crippen LogP contribution >= 0.6 is 0 Å². The summed E-state index contributed by atoms with van der Waals surface area (Å²) in [5.41, 5.74) is 1.96. The summed E-state index contributed by atoms with van der Waals surface area (Å²) in [6.07, 6.45) is 1.48. The molecular weight excluding hydrogens is 242 g/mol. The van der Waals surface area contributed by atoms with E-state index in [1.54, 1.807) is 0 Å². The third-order valence-corrected chi connectivity index (χ3v) is 3.13. The summed E-state index contributed by atoms with van der Waals surface area (Å²) in [4.78, 5) is 21.9. The average Bonchev–Trinajstić information content (AvgIpc) is 2.39. The Hall–Kier alpha value is -1.88. The SMILES string of the molecule is CC(=O)Nc1ccc(CNC2CCC(=O)NC2)cc1. The third kappa shape index (κ3) is 4.37. The van der Waals surface area contributed by atoms with Gasteiger partial charge in [-0.05, 0) is 24.1 Å². The van der Waals surface area contributed by atoms with Gasteiger partial charge in [-0.25, -0.2) is 0 Å². The molecule has 0 bridgehead atoms. The molecule has 1 aromatic carbocycles. The molecule has 0 saturated carbocycles. The molecule has 0 spiro atoms. The Kier molecular flexibility index (Phi) is 4.52. The number of hydrogen-bond acceptors (Lipinski definition) is 3. The Morgan fingerprint density at radius 2 is 2.11 bits per heavy atom. The van der Waals surface area contributed by atoms with Crippen LogP contribution in [0.2, 0.25) is 0 Å². The minimum Gasteiger partial charge on any atom is -0.355 e. The molecule has 3 N–H and O–H groups in total. The van der Waals surface area contributed by atoms with Crippen LogP contribution in [0.3, 0.4) is 0 Å². The van der Waals surface area contributed by atoms with Gasteiger partial charge in [-0.1, -0.05) is 12.1 Å². The highest BCUT2D eigenvalue weighted by atomic mass is 16.2. The quantitative estimate of drug-likeness (QED) is 0.757. The van der Waals surface area contributed by atoms with Gasteiger partial charge in [0.2, 0.25) is 11.8 Å². The molecule has 2 rings (SSSR count). The number of benzene rings is 1. The molecule has 102 valence electrons. The fourth-order valence-corrected chi connectivity index (χ4v) is 2.08. The molecule has 1 heterocycles. The smallest absolute Gasteiger partial charge is 0.221 e. The normalized spacial score (nSPS) is 18.8. The van der Waals surface area contributed by atoms with Crippen LogP contribution in [0.5, 0.6) is 0 Å². The summed E-state index contributed by atoms with van der Waals surface area (Å²) in [5.74, 6) is 0.0709. The number of nitrogens with one attached hydrogen (secondary N) is 3. The molecule has 0 aromatic heterocycles. The first-order chi connectivity index (χ1) is 9.13. The van der Waals surface area contributed by atoms with Crippen LogP contribution in [-0.4, -0.2) is 24.4 Å². The standard InChI is InChI=1S/C14H19N3O2/c1-10(18)17-12-4-2-11(3-5-12)8-15-13-6-7-14(19)16-9-13/h2-5,13,15H,6-9H2,1H3,(H,16,19)(H,17,18). The molecule has 1 aliphatic heterocycles. The van der Waals surface area contributed by atoms with Crippen LogP contribution in [0.4, 0.5) is 5.69 Å². The lowest BCUT2D eigenvalue weighted by Crippen LogP contribution is -2.45. The third-order valence-electron chi connectivity index (χ3n) is 3.13. The zero-order chi connectivity index (χ0) is 13.7. The molecule has 19 heavy (non-hydrogen) atoms. The molecule has 1 aromatic rings. The second-order valence-corrected chi connectivity index (χ2v) is 4.80. The van der Waals surface area contributed by atoms with Crippen LogP contribution in [0.25, 0.3) is 0 Å². The monoisotopic (exact) mass is 261 g/mol. The molecule has 1 fully saturated rings. The molecule has 2 amide bonds. The predicted octanol–water partition coefficient (Wildman–Crippen LogP) is 1.01. The number of carbonyl (C=O) groups is 2. The van der Waals surface area contributed by atoms with E-state index in [0.29, 0.717) is 19.0 Å². The molecule has 0 aliphatic carbocycles. The number of hydrogen-bond donors (Lipinski definition) is 3. The predicted molar refractivity (Wildman–Crippen MR) is 73.6 cm³/mol. The fourth-order valence-electron chi connectivity index (χ4n) is 2.08. The maximum Gasteiger partial charge on any atom is 0.221 e. The molecule has 5 nitrogen and oxygen atoms in total. The van der Waals surface area contributed by atoms with Crippen molar-refractivity contribution in [1.29, 1.82) is 0 Å². The van der Waals surface area contributed by atoms with Crippen molar-refractivity contribution < 1.29 is 9.59 Å². The first-order valence-electron chi connectivity index (χ1n) is 6.50. The van der Waals surface area contributed by atoms with Crippen molar-refractivity contribution in [2.75, 3.05) is 11.9 Å².